The van der Waals surface area contributed by atoms with Gasteiger partial charge in [-0.05, 0) is 25.5 Å². The Kier molecular flexibility index (Phi) is 5.48. The second-order valence-electron chi connectivity index (χ2n) is 6.07. The van der Waals surface area contributed by atoms with Crippen LogP contribution in [0.5, 0.6) is 5.75 Å². The van der Waals surface area contributed by atoms with E-state index in [1.807, 2.05) is 43.0 Å². The Morgan fingerprint density at radius 2 is 1.96 bits per heavy atom. The molecule has 0 N–H and O–H groups in total. The molecule has 1 amide bonds. The van der Waals surface area contributed by atoms with E-state index in [0.717, 1.165) is 54.7 Å². The van der Waals surface area contributed by atoms with Gasteiger partial charge in [-0.25, -0.2) is 4.98 Å². The molecule has 0 atom stereocenters. The van der Waals surface area contributed by atoms with Crippen LogP contribution >= 0.6 is 11.3 Å². The largest absolute Gasteiger partial charge is 0.484 e. The van der Waals surface area contributed by atoms with Crippen LogP contribution in [-0.4, -0.2) is 53.5 Å². The summed E-state index contributed by atoms with van der Waals surface area (Å²) in [6, 6.07) is 7.77. The number of para-hydroxylation sites is 1. The second kappa shape index (κ2) is 7.77. The molecule has 5 nitrogen and oxygen atoms in total. The fourth-order valence-electron chi connectivity index (χ4n) is 2.81. The van der Waals surface area contributed by atoms with Crippen LogP contribution in [0, 0.1) is 13.8 Å². The van der Waals surface area contributed by atoms with Crippen LogP contribution < -0.4 is 4.74 Å². The topological polar surface area (TPSA) is 45.7 Å². The zero-order chi connectivity index (χ0) is 16.9. The minimum absolute atomic E-state index is 0.0578. The fraction of sp³-hybridized carbons (Fsp3) is 0.444. The number of hydrogen-bond donors (Lipinski definition) is 0. The number of aryl methyl sites for hydroxylation is 2. The number of carbonyl (C=O) groups is 1. The van der Waals surface area contributed by atoms with E-state index in [9.17, 15) is 4.79 Å². The standard InChI is InChI=1S/C18H23N3O2S/c1-14-5-3-4-6-17(14)23-12-18(22)21-9-7-20(8-10-21)11-16-13-24-15(2)19-16/h3-6,13H,7-12H2,1-2H3. The molecule has 2 aromatic rings. The number of thiazole rings is 1. The van der Waals surface area contributed by atoms with Crippen molar-refractivity contribution in [3.63, 3.8) is 0 Å². The summed E-state index contributed by atoms with van der Waals surface area (Å²) in [4.78, 5) is 21.1. The molecule has 128 valence electrons. The van der Waals surface area contributed by atoms with E-state index in [2.05, 4.69) is 15.3 Å². The fourth-order valence-corrected chi connectivity index (χ4v) is 3.42. The number of nitrogens with zero attached hydrogens (tertiary/aromatic N) is 3. The smallest absolute Gasteiger partial charge is 0.260 e. The van der Waals surface area contributed by atoms with Gasteiger partial charge in [0.25, 0.3) is 5.91 Å². The third kappa shape index (κ3) is 4.33. The van der Waals surface area contributed by atoms with E-state index in [4.69, 9.17) is 4.74 Å². The average Bonchev–Trinajstić information content (AvgIpc) is 2.99. The lowest BCUT2D eigenvalue weighted by Crippen LogP contribution is -2.49. The van der Waals surface area contributed by atoms with E-state index in [1.54, 1.807) is 11.3 Å². The highest BCUT2D eigenvalue weighted by Gasteiger charge is 2.22. The van der Waals surface area contributed by atoms with Crippen LogP contribution in [0.2, 0.25) is 0 Å². The Bertz CT molecular complexity index is 693. The first-order chi connectivity index (χ1) is 11.6. The van der Waals surface area contributed by atoms with Crippen LogP contribution in [0.4, 0.5) is 0 Å². The van der Waals surface area contributed by atoms with Gasteiger partial charge in [-0.2, -0.15) is 0 Å². The minimum Gasteiger partial charge on any atom is -0.484 e. The van der Waals surface area contributed by atoms with Crippen LogP contribution in [-0.2, 0) is 11.3 Å². The number of benzene rings is 1. The molecular formula is C18H23N3O2S. The quantitative estimate of drug-likeness (QED) is 0.835. The summed E-state index contributed by atoms with van der Waals surface area (Å²) in [5.41, 5.74) is 2.17. The Hall–Kier alpha value is -1.92. The van der Waals surface area contributed by atoms with Crippen molar-refractivity contribution in [2.45, 2.75) is 20.4 Å². The van der Waals surface area contributed by atoms with Crippen molar-refractivity contribution in [1.29, 1.82) is 0 Å². The van der Waals surface area contributed by atoms with Gasteiger partial charge in [-0.1, -0.05) is 18.2 Å². The van der Waals surface area contributed by atoms with Gasteiger partial charge in [-0.15, -0.1) is 11.3 Å². The molecule has 0 aliphatic carbocycles. The molecule has 0 unspecified atom stereocenters. The SMILES string of the molecule is Cc1nc(CN2CCN(C(=O)COc3ccccc3C)CC2)cs1. The van der Waals surface area contributed by atoms with Crippen molar-refractivity contribution in [2.75, 3.05) is 32.8 Å². The van der Waals surface area contributed by atoms with Crippen LogP contribution in [0.1, 0.15) is 16.3 Å². The van der Waals surface area contributed by atoms with Crippen molar-refractivity contribution in [3.8, 4) is 5.75 Å². The minimum atomic E-state index is 0.0578. The maximum absolute atomic E-state index is 12.3. The molecule has 1 aromatic carbocycles. The molecule has 2 heterocycles. The third-order valence-electron chi connectivity index (χ3n) is 4.22. The number of aromatic nitrogens is 1. The van der Waals surface area contributed by atoms with Crippen molar-refractivity contribution in [2.24, 2.45) is 0 Å². The number of piperazine rings is 1. The summed E-state index contributed by atoms with van der Waals surface area (Å²) in [6.07, 6.45) is 0. The Morgan fingerprint density at radius 3 is 2.62 bits per heavy atom. The first-order valence-corrected chi connectivity index (χ1v) is 9.09. The molecule has 3 rings (SSSR count). The number of carbonyl (C=O) groups excluding carboxylic acids is 1. The van der Waals surface area contributed by atoms with Crippen molar-refractivity contribution in [3.05, 3.63) is 45.9 Å². The summed E-state index contributed by atoms with van der Waals surface area (Å²) in [6.45, 7) is 8.25. The maximum atomic E-state index is 12.3. The normalized spacial score (nSPS) is 15.5. The Morgan fingerprint density at radius 1 is 1.21 bits per heavy atom. The van der Waals surface area contributed by atoms with Gasteiger partial charge in [0.05, 0.1) is 10.7 Å². The molecule has 1 aromatic heterocycles. The first-order valence-electron chi connectivity index (χ1n) is 8.21. The lowest BCUT2D eigenvalue weighted by atomic mass is 10.2. The summed E-state index contributed by atoms with van der Waals surface area (Å²) in [5, 5.41) is 3.22. The Balaban J connectivity index is 1.44. The van der Waals surface area contributed by atoms with Gasteiger partial charge < -0.3 is 9.64 Å². The highest BCUT2D eigenvalue weighted by molar-refractivity contribution is 7.09. The molecule has 1 aliphatic heterocycles. The maximum Gasteiger partial charge on any atom is 0.260 e. The zero-order valence-corrected chi connectivity index (χ0v) is 15.0. The molecule has 1 saturated heterocycles. The van der Waals surface area contributed by atoms with Crippen molar-refractivity contribution in [1.82, 2.24) is 14.8 Å². The molecule has 0 spiro atoms. The predicted octanol–water partition coefficient (Wildman–Crippen LogP) is 2.48. The van der Waals surface area contributed by atoms with Crippen LogP contribution in [0.25, 0.3) is 0 Å². The lowest BCUT2D eigenvalue weighted by Gasteiger charge is -2.34. The summed E-state index contributed by atoms with van der Waals surface area (Å²) in [5.74, 6) is 0.839. The van der Waals surface area contributed by atoms with Gasteiger partial charge in [-0.3, -0.25) is 9.69 Å². The summed E-state index contributed by atoms with van der Waals surface area (Å²) >= 11 is 1.69. The molecule has 1 aliphatic rings. The number of ether oxygens (including phenoxy) is 1. The molecule has 0 radical (unpaired) electrons. The zero-order valence-electron chi connectivity index (χ0n) is 14.2. The van der Waals surface area contributed by atoms with E-state index in [0.29, 0.717) is 0 Å². The van der Waals surface area contributed by atoms with Gasteiger partial charge in [0, 0.05) is 38.1 Å². The highest BCUT2D eigenvalue weighted by Crippen LogP contribution is 2.16. The summed E-state index contributed by atoms with van der Waals surface area (Å²) in [7, 11) is 0. The highest BCUT2D eigenvalue weighted by atomic mass is 32.1. The molecule has 24 heavy (non-hydrogen) atoms. The van der Waals surface area contributed by atoms with E-state index in [1.165, 1.54) is 0 Å². The van der Waals surface area contributed by atoms with E-state index < -0.39 is 0 Å². The van der Waals surface area contributed by atoms with Crippen molar-refractivity contribution < 1.29 is 9.53 Å². The number of hydrogen-bond acceptors (Lipinski definition) is 5. The molecule has 0 saturated carbocycles. The molecule has 6 heteroatoms. The lowest BCUT2D eigenvalue weighted by molar-refractivity contribution is -0.135. The first kappa shape index (κ1) is 16.9. The van der Waals surface area contributed by atoms with Crippen LogP contribution in [0.15, 0.2) is 29.6 Å². The van der Waals surface area contributed by atoms with Gasteiger partial charge in [0.1, 0.15) is 5.75 Å². The van der Waals surface area contributed by atoms with Crippen molar-refractivity contribution >= 4 is 17.2 Å². The Labute approximate surface area is 146 Å². The predicted molar refractivity (Wildman–Crippen MR) is 95.4 cm³/mol. The van der Waals surface area contributed by atoms with Gasteiger partial charge >= 0.3 is 0 Å². The molecule has 0 bridgehead atoms. The molecule has 1 fully saturated rings. The monoisotopic (exact) mass is 345 g/mol. The average molecular weight is 345 g/mol. The second-order valence-corrected chi connectivity index (χ2v) is 7.13. The molecular weight excluding hydrogens is 322 g/mol. The van der Waals surface area contributed by atoms with E-state index in [-0.39, 0.29) is 12.5 Å². The third-order valence-corrected chi connectivity index (χ3v) is 5.04. The number of rotatable bonds is 5. The number of amides is 1. The van der Waals surface area contributed by atoms with Gasteiger partial charge in [0.2, 0.25) is 0 Å². The van der Waals surface area contributed by atoms with E-state index >= 15 is 0 Å². The summed E-state index contributed by atoms with van der Waals surface area (Å²) < 4.78 is 5.66. The van der Waals surface area contributed by atoms with Gasteiger partial charge in [0.15, 0.2) is 6.61 Å². The van der Waals surface area contributed by atoms with Crippen LogP contribution in [0.3, 0.4) is 0 Å².